The minimum absolute atomic E-state index is 0.300. The number of methoxy groups -OCH3 is 1. The van der Waals surface area contributed by atoms with Crippen LogP contribution in [0.1, 0.15) is 5.69 Å². The van der Waals surface area contributed by atoms with Crippen LogP contribution in [0.25, 0.3) is 6.08 Å². The summed E-state index contributed by atoms with van der Waals surface area (Å²) in [4.78, 5) is 38.0. The molecule has 8 heteroatoms. The van der Waals surface area contributed by atoms with Crippen LogP contribution in [0.2, 0.25) is 0 Å². The molecular weight excluding hydrogens is 354 g/mol. The van der Waals surface area contributed by atoms with Crippen LogP contribution in [0, 0.1) is 0 Å². The van der Waals surface area contributed by atoms with E-state index in [9.17, 15) is 14.4 Å². The van der Waals surface area contributed by atoms with Crippen molar-refractivity contribution in [1.82, 2.24) is 9.47 Å². The van der Waals surface area contributed by atoms with Gasteiger partial charge < -0.3 is 14.6 Å². The van der Waals surface area contributed by atoms with Gasteiger partial charge in [-0.2, -0.15) is 0 Å². The topological polar surface area (TPSA) is 80.6 Å². The molecule has 0 aliphatic carbocycles. The van der Waals surface area contributed by atoms with Crippen LogP contribution in [-0.4, -0.2) is 40.2 Å². The van der Waals surface area contributed by atoms with Gasteiger partial charge in [0.25, 0.3) is 11.1 Å². The van der Waals surface area contributed by atoms with Crippen LogP contribution < -0.4 is 10.1 Å². The number of nitrogens with zero attached hydrogens (tertiary/aromatic N) is 2. The fourth-order valence-electron chi connectivity index (χ4n) is 2.41. The van der Waals surface area contributed by atoms with E-state index < -0.39 is 17.1 Å². The molecule has 0 radical (unpaired) electrons. The van der Waals surface area contributed by atoms with E-state index in [0.29, 0.717) is 16.3 Å². The molecule has 0 bridgehead atoms. The highest BCUT2D eigenvalue weighted by molar-refractivity contribution is 8.18. The number of hydrogen-bond donors (Lipinski definition) is 1. The lowest BCUT2D eigenvalue weighted by atomic mass is 10.3. The fraction of sp³-hybridized carbons (Fsp3) is 0.167. The van der Waals surface area contributed by atoms with Crippen LogP contribution >= 0.6 is 11.8 Å². The standard InChI is InChI=1S/C18H17N3O4S/c1-20-9-3-4-13(20)10-15-17(23)21(18(24)26-15)11-16(22)19-12-5-7-14(25-2)8-6-12/h3-10H,11H2,1-2H3,(H,19,22)/b15-10-. The molecule has 2 heterocycles. The second-order valence-corrected chi connectivity index (χ2v) is 6.58. The largest absolute Gasteiger partial charge is 0.497 e. The average molecular weight is 371 g/mol. The zero-order valence-corrected chi connectivity index (χ0v) is 15.1. The van der Waals surface area contributed by atoms with Crippen molar-refractivity contribution in [2.24, 2.45) is 7.05 Å². The molecule has 0 atom stereocenters. The summed E-state index contributed by atoms with van der Waals surface area (Å²) < 4.78 is 6.89. The molecule has 1 N–H and O–H groups in total. The number of carbonyl (C=O) groups is 3. The normalized spacial score (nSPS) is 15.6. The van der Waals surface area contributed by atoms with Crippen LogP contribution in [0.15, 0.2) is 47.5 Å². The first kappa shape index (κ1) is 17.8. The molecular formula is C18H17N3O4S. The molecule has 7 nitrogen and oxygen atoms in total. The van der Waals surface area contributed by atoms with Gasteiger partial charge in [-0.05, 0) is 54.2 Å². The van der Waals surface area contributed by atoms with Crippen molar-refractivity contribution in [2.45, 2.75) is 0 Å². The van der Waals surface area contributed by atoms with E-state index >= 15 is 0 Å². The zero-order chi connectivity index (χ0) is 18.7. The molecule has 1 aliphatic rings. The monoisotopic (exact) mass is 371 g/mol. The summed E-state index contributed by atoms with van der Waals surface area (Å²) in [5.41, 5.74) is 1.36. The number of aromatic nitrogens is 1. The third-order valence-corrected chi connectivity index (χ3v) is 4.72. The molecule has 1 aromatic carbocycles. The third-order valence-electron chi connectivity index (χ3n) is 3.81. The molecule has 1 aromatic heterocycles. The van der Waals surface area contributed by atoms with Crippen molar-refractivity contribution in [3.63, 3.8) is 0 Å². The summed E-state index contributed by atoms with van der Waals surface area (Å²) in [5.74, 6) is -0.247. The number of rotatable bonds is 5. The molecule has 1 fully saturated rings. The van der Waals surface area contributed by atoms with Gasteiger partial charge in [0.15, 0.2) is 0 Å². The van der Waals surface area contributed by atoms with Gasteiger partial charge in [0.1, 0.15) is 12.3 Å². The number of thioether (sulfide) groups is 1. The second kappa shape index (κ2) is 7.49. The highest BCUT2D eigenvalue weighted by Crippen LogP contribution is 2.32. The molecule has 1 aliphatic heterocycles. The van der Waals surface area contributed by atoms with Gasteiger partial charge in [0, 0.05) is 24.6 Å². The molecule has 26 heavy (non-hydrogen) atoms. The highest BCUT2D eigenvalue weighted by atomic mass is 32.2. The van der Waals surface area contributed by atoms with Gasteiger partial charge in [-0.15, -0.1) is 0 Å². The van der Waals surface area contributed by atoms with Gasteiger partial charge in [-0.25, -0.2) is 0 Å². The Kier molecular flexibility index (Phi) is 5.13. The average Bonchev–Trinajstić information content (AvgIpc) is 3.14. The molecule has 3 amide bonds. The SMILES string of the molecule is COc1ccc(NC(=O)CN2C(=O)S/C(=C\c3cccn3C)C2=O)cc1. The summed E-state index contributed by atoms with van der Waals surface area (Å²) in [6, 6.07) is 10.5. The number of imide groups is 1. The van der Waals surface area contributed by atoms with E-state index in [-0.39, 0.29) is 6.54 Å². The van der Waals surface area contributed by atoms with E-state index in [1.807, 2.05) is 29.9 Å². The predicted molar refractivity (Wildman–Crippen MR) is 99.7 cm³/mol. The summed E-state index contributed by atoms with van der Waals surface area (Å²) >= 11 is 0.831. The van der Waals surface area contributed by atoms with E-state index in [1.165, 1.54) is 0 Å². The number of anilines is 1. The van der Waals surface area contributed by atoms with Gasteiger partial charge in [0.2, 0.25) is 5.91 Å². The maximum absolute atomic E-state index is 12.4. The van der Waals surface area contributed by atoms with Crippen molar-refractivity contribution in [3.8, 4) is 5.75 Å². The van der Waals surface area contributed by atoms with Gasteiger partial charge >= 0.3 is 0 Å². The van der Waals surface area contributed by atoms with Crippen molar-refractivity contribution < 1.29 is 19.1 Å². The summed E-state index contributed by atoms with van der Waals surface area (Å²) in [6.45, 7) is -0.332. The van der Waals surface area contributed by atoms with Crippen LogP contribution in [0.4, 0.5) is 10.5 Å². The Balaban J connectivity index is 1.66. The molecule has 3 rings (SSSR count). The van der Waals surface area contributed by atoms with E-state index in [0.717, 1.165) is 22.4 Å². The molecule has 0 spiro atoms. The molecule has 2 aromatic rings. The minimum atomic E-state index is -0.467. The Morgan fingerprint density at radius 3 is 2.58 bits per heavy atom. The Hall–Kier alpha value is -3.00. The lowest BCUT2D eigenvalue weighted by Crippen LogP contribution is -2.36. The second-order valence-electron chi connectivity index (χ2n) is 5.59. The first-order valence-electron chi connectivity index (χ1n) is 7.78. The maximum Gasteiger partial charge on any atom is 0.294 e. The fourth-order valence-corrected chi connectivity index (χ4v) is 3.24. The maximum atomic E-state index is 12.4. The van der Waals surface area contributed by atoms with Crippen LogP contribution in [0.5, 0.6) is 5.75 Å². The van der Waals surface area contributed by atoms with Crippen LogP contribution in [-0.2, 0) is 16.6 Å². The predicted octanol–water partition coefficient (Wildman–Crippen LogP) is 2.71. The summed E-state index contributed by atoms with van der Waals surface area (Å²) in [6.07, 6.45) is 3.49. The Labute approximate surface area is 154 Å². The first-order valence-corrected chi connectivity index (χ1v) is 8.60. The van der Waals surface area contributed by atoms with Crippen molar-refractivity contribution in [2.75, 3.05) is 19.0 Å². The lowest BCUT2D eigenvalue weighted by molar-refractivity contribution is -0.127. The van der Waals surface area contributed by atoms with Crippen molar-refractivity contribution >= 4 is 40.6 Å². The zero-order valence-electron chi connectivity index (χ0n) is 14.3. The van der Waals surface area contributed by atoms with Gasteiger partial charge in [-0.1, -0.05) is 0 Å². The summed E-state index contributed by atoms with van der Waals surface area (Å²) in [5, 5.41) is 2.20. The first-order chi connectivity index (χ1) is 12.5. The molecule has 1 saturated heterocycles. The van der Waals surface area contributed by atoms with Crippen LogP contribution in [0.3, 0.4) is 0 Å². The number of aryl methyl sites for hydroxylation is 1. The molecule has 0 saturated carbocycles. The Morgan fingerprint density at radius 2 is 1.96 bits per heavy atom. The Morgan fingerprint density at radius 1 is 1.23 bits per heavy atom. The Bertz CT molecular complexity index is 886. The van der Waals surface area contributed by atoms with Crippen molar-refractivity contribution in [3.05, 3.63) is 53.2 Å². The van der Waals surface area contributed by atoms with Crippen molar-refractivity contribution in [1.29, 1.82) is 0 Å². The smallest absolute Gasteiger partial charge is 0.294 e. The number of benzene rings is 1. The quantitative estimate of drug-likeness (QED) is 0.818. The van der Waals surface area contributed by atoms with E-state index in [2.05, 4.69) is 5.32 Å². The van der Waals surface area contributed by atoms with Gasteiger partial charge in [-0.3, -0.25) is 19.3 Å². The number of carbonyl (C=O) groups excluding carboxylic acids is 3. The number of hydrogen-bond acceptors (Lipinski definition) is 5. The lowest BCUT2D eigenvalue weighted by Gasteiger charge is -2.12. The third kappa shape index (κ3) is 3.80. The van der Waals surface area contributed by atoms with E-state index in [1.54, 1.807) is 37.5 Å². The number of amides is 3. The molecule has 0 unspecified atom stereocenters. The highest BCUT2D eigenvalue weighted by Gasteiger charge is 2.36. The number of ether oxygens (including phenoxy) is 1. The van der Waals surface area contributed by atoms with Gasteiger partial charge in [0.05, 0.1) is 12.0 Å². The molecule has 134 valence electrons. The summed E-state index contributed by atoms with van der Waals surface area (Å²) in [7, 11) is 3.40. The van der Waals surface area contributed by atoms with E-state index in [4.69, 9.17) is 4.74 Å². The minimum Gasteiger partial charge on any atom is -0.497 e. The number of nitrogens with one attached hydrogen (secondary N) is 1.